The quantitative estimate of drug-likeness (QED) is 0.827. The molecule has 0 radical (unpaired) electrons. The monoisotopic (exact) mass is 225 g/mol. The molecule has 0 aliphatic carbocycles. The molecule has 0 spiro atoms. The lowest BCUT2D eigenvalue weighted by molar-refractivity contribution is 0.508. The normalized spacial score (nSPS) is 13.3. The first-order valence-corrected chi connectivity index (χ1v) is 5.81. The van der Waals surface area contributed by atoms with Gasteiger partial charge in [0.2, 0.25) is 0 Å². The van der Waals surface area contributed by atoms with Crippen LogP contribution in [0.5, 0.6) is 0 Å². The maximum absolute atomic E-state index is 6.17. The Morgan fingerprint density at radius 1 is 1.20 bits per heavy atom. The summed E-state index contributed by atoms with van der Waals surface area (Å²) in [5.41, 5.74) is 9.70. The molecule has 0 bridgehead atoms. The van der Waals surface area contributed by atoms with Gasteiger partial charge in [-0.2, -0.15) is 0 Å². The summed E-state index contributed by atoms with van der Waals surface area (Å²) in [6, 6.07) is 4.25. The maximum atomic E-state index is 6.17. The summed E-state index contributed by atoms with van der Waals surface area (Å²) in [5, 5.41) is 0.827. The Morgan fingerprint density at radius 3 is 2.33 bits per heavy atom. The van der Waals surface area contributed by atoms with Crippen LogP contribution in [0.15, 0.2) is 12.1 Å². The summed E-state index contributed by atoms with van der Waals surface area (Å²) in [7, 11) is 0. The molecule has 0 aliphatic rings. The van der Waals surface area contributed by atoms with Gasteiger partial charge in [0.15, 0.2) is 0 Å². The smallest absolute Gasteiger partial charge is 0.0438 e. The molecule has 0 saturated carbocycles. The third kappa shape index (κ3) is 3.22. The molecule has 15 heavy (non-hydrogen) atoms. The zero-order valence-corrected chi connectivity index (χ0v) is 10.7. The van der Waals surface area contributed by atoms with Crippen molar-refractivity contribution in [1.82, 2.24) is 0 Å². The van der Waals surface area contributed by atoms with Crippen LogP contribution in [0.25, 0.3) is 0 Å². The van der Waals surface area contributed by atoms with Gasteiger partial charge in [0, 0.05) is 11.1 Å². The van der Waals surface area contributed by atoms with E-state index in [4.69, 9.17) is 17.3 Å². The first-order valence-electron chi connectivity index (χ1n) is 5.44. The van der Waals surface area contributed by atoms with Crippen molar-refractivity contribution >= 4 is 11.6 Å². The van der Waals surface area contributed by atoms with Gasteiger partial charge < -0.3 is 5.73 Å². The second kappa shape index (κ2) is 5.00. The molecular formula is C13H20ClN. The Bertz CT molecular complexity index is 345. The SMILES string of the molecule is Cc1cc(C(N)CC(C)C)c(C)cc1Cl. The first kappa shape index (κ1) is 12.5. The molecule has 84 valence electrons. The number of hydrogen-bond acceptors (Lipinski definition) is 1. The van der Waals surface area contributed by atoms with Crippen LogP contribution < -0.4 is 5.73 Å². The van der Waals surface area contributed by atoms with Gasteiger partial charge in [-0.3, -0.25) is 0 Å². The fraction of sp³-hybridized carbons (Fsp3) is 0.538. The minimum absolute atomic E-state index is 0.126. The maximum Gasteiger partial charge on any atom is 0.0438 e. The Hall–Kier alpha value is -0.530. The predicted octanol–water partition coefficient (Wildman–Crippen LogP) is 4.00. The van der Waals surface area contributed by atoms with Crippen LogP contribution in [-0.2, 0) is 0 Å². The van der Waals surface area contributed by atoms with Crippen molar-refractivity contribution in [3.05, 3.63) is 33.8 Å². The largest absolute Gasteiger partial charge is 0.324 e. The van der Waals surface area contributed by atoms with Crippen molar-refractivity contribution in [3.63, 3.8) is 0 Å². The Kier molecular flexibility index (Phi) is 4.18. The Balaban J connectivity index is 2.98. The highest BCUT2D eigenvalue weighted by atomic mass is 35.5. The molecule has 1 rings (SSSR count). The van der Waals surface area contributed by atoms with Crippen LogP contribution in [0, 0.1) is 19.8 Å². The van der Waals surface area contributed by atoms with E-state index in [1.54, 1.807) is 0 Å². The molecule has 0 amide bonds. The summed E-state index contributed by atoms with van der Waals surface area (Å²) in [6.45, 7) is 8.48. The van der Waals surface area contributed by atoms with E-state index in [1.165, 1.54) is 11.1 Å². The zero-order valence-electron chi connectivity index (χ0n) is 9.97. The van der Waals surface area contributed by atoms with Crippen molar-refractivity contribution in [2.75, 3.05) is 0 Å². The van der Waals surface area contributed by atoms with Gasteiger partial charge >= 0.3 is 0 Å². The van der Waals surface area contributed by atoms with E-state index >= 15 is 0 Å². The van der Waals surface area contributed by atoms with E-state index < -0.39 is 0 Å². The fourth-order valence-electron chi connectivity index (χ4n) is 1.84. The molecule has 0 saturated heterocycles. The second-order valence-corrected chi connectivity index (χ2v) is 5.10. The molecule has 1 unspecified atom stereocenters. The predicted molar refractivity (Wildman–Crippen MR) is 67.3 cm³/mol. The van der Waals surface area contributed by atoms with Crippen LogP contribution in [0.1, 0.15) is 43.0 Å². The van der Waals surface area contributed by atoms with Crippen molar-refractivity contribution in [3.8, 4) is 0 Å². The lowest BCUT2D eigenvalue weighted by atomic mass is 9.93. The molecule has 1 aromatic rings. The highest BCUT2D eigenvalue weighted by Gasteiger charge is 2.12. The molecule has 0 heterocycles. The average Bonchev–Trinajstić information content (AvgIpc) is 2.09. The van der Waals surface area contributed by atoms with Crippen LogP contribution in [0.3, 0.4) is 0 Å². The Labute approximate surface area is 97.6 Å². The molecule has 0 aromatic heterocycles. The third-order valence-electron chi connectivity index (χ3n) is 2.67. The zero-order chi connectivity index (χ0) is 11.6. The summed E-state index contributed by atoms with van der Waals surface area (Å²) in [5.74, 6) is 0.621. The van der Waals surface area contributed by atoms with E-state index in [-0.39, 0.29) is 6.04 Å². The van der Waals surface area contributed by atoms with Gasteiger partial charge in [0.1, 0.15) is 0 Å². The summed E-state index contributed by atoms with van der Waals surface area (Å²) >= 11 is 6.06. The highest BCUT2D eigenvalue weighted by Crippen LogP contribution is 2.27. The second-order valence-electron chi connectivity index (χ2n) is 4.69. The van der Waals surface area contributed by atoms with E-state index in [1.807, 2.05) is 13.0 Å². The molecule has 2 heteroatoms. The van der Waals surface area contributed by atoms with Gasteiger partial charge in [0.05, 0.1) is 0 Å². The van der Waals surface area contributed by atoms with E-state index in [2.05, 4.69) is 26.8 Å². The average molecular weight is 226 g/mol. The topological polar surface area (TPSA) is 26.0 Å². The van der Waals surface area contributed by atoms with Crippen molar-refractivity contribution < 1.29 is 0 Å². The molecule has 0 aliphatic heterocycles. The number of hydrogen-bond donors (Lipinski definition) is 1. The molecule has 1 atom stereocenters. The van der Waals surface area contributed by atoms with Gasteiger partial charge in [0.25, 0.3) is 0 Å². The van der Waals surface area contributed by atoms with Gasteiger partial charge in [-0.15, -0.1) is 0 Å². The van der Waals surface area contributed by atoms with E-state index in [0.29, 0.717) is 5.92 Å². The lowest BCUT2D eigenvalue weighted by Crippen LogP contribution is -2.14. The van der Waals surface area contributed by atoms with Gasteiger partial charge in [-0.05, 0) is 48.9 Å². The number of benzene rings is 1. The summed E-state index contributed by atoms with van der Waals surface area (Å²) in [6.07, 6.45) is 1.02. The van der Waals surface area contributed by atoms with E-state index in [0.717, 1.165) is 17.0 Å². The minimum atomic E-state index is 0.126. The summed E-state index contributed by atoms with van der Waals surface area (Å²) in [4.78, 5) is 0. The van der Waals surface area contributed by atoms with Crippen LogP contribution in [-0.4, -0.2) is 0 Å². The van der Waals surface area contributed by atoms with Crippen molar-refractivity contribution in [1.29, 1.82) is 0 Å². The van der Waals surface area contributed by atoms with Crippen molar-refractivity contribution in [2.45, 2.75) is 40.2 Å². The van der Waals surface area contributed by atoms with Crippen LogP contribution in [0.2, 0.25) is 5.02 Å². The number of rotatable bonds is 3. The fourth-order valence-corrected chi connectivity index (χ4v) is 2.06. The Morgan fingerprint density at radius 2 is 1.80 bits per heavy atom. The molecular weight excluding hydrogens is 206 g/mol. The lowest BCUT2D eigenvalue weighted by Gasteiger charge is -2.18. The molecule has 1 aromatic carbocycles. The number of aryl methyl sites for hydroxylation is 2. The van der Waals surface area contributed by atoms with Crippen molar-refractivity contribution in [2.24, 2.45) is 11.7 Å². The first-order chi connectivity index (χ1) is 6.91. The molecule has 1 nitrogen and oxygen atoms in total. The van der Waals surface area contributed by atoms with Gasteiger partial charge in [-0.1, -0.05) is 31.5 Å². The molecule has 2 N–H and O–H groups in total. The molecule has 0 fully saturated rings. The van der Waals surface area contributed by atoms with Gasteiger partial charge in [-0.25, -0.2) is 0 Å². The van der Waals surface area contributed by atoms with Crippen LogP contribution in [0.4, 0.5) is 0 Å². The highest BCUT2D eigenvalue weighted by molar-refractivity contribution is 6.31. The standard InChI is InChI=1S/C13H20ClN/c1-8(2)5-13(15)11-6-10(4)12(14)7-9(11)3/h6-8,13H,5,15H2,1-4H3. The van der Waals surface area contributed by atoms with Crippen LogP contribution >= 0.6 is 11.6 Å². The number of nitrogens with two attached hydrogens (primary N) is 1. The minimum Gasteiger partial charge on any atom is -0.324 e. The number of halogens is 1. The third-order valence-corrected chi connectivity index (χ3v) is 3.08. The van der Waals surface area contributed by atoms with E-state index in [9.17, 15) is 0 Å². The summed E-state index contributed by atoms with van der Waals surface area (Å²) < 4.78 is 0.